The van der Waals surface area contributed by atoms with E-state index in [-0.39, 0.29) is 51.0 Å². The van der Waals surface area contributed by atoms with Gasteiger partial charge in [-0.1, -0.05) is 67.2 Å². The fraction of sp³-hybridized carbons (Fsp3) is 0.500. The molecule has 0 heterocycles. The Morgan fingerprint density at radius 2 is 0.957 bits per heavy atom. The molecule has 0 aliphatic heterocycles. The van der Waals surface area contributed by atoms with Crippen molar-refractivity contribution in [2.45, 2.75) is 67.2 Å². The molecule has 0 spiro atoms. The van der Waals surface area contributed by atoms with Gasteiger partial charge in [0.15, 0.2) is 0 Å². The van der Waals surface area contributed by atoms with Gasteiger partial charge in [-0.15, -0.1) is 0 Å². The molecule has 0 atom stereocenters. The molecule has 0 nitrogen and oxygen atoms in total. The molecule has 2 aromatic rings. The predicted octanol–water partition coefficient (Wildman–Crippen LogP) is 0.297. The van der Waals surface area contributed by atoms with E-state index in [1.165, 1.54) is 33.4 Å². The van der Waals surface area contributed by atoms with E-state index in [9.17, 15) is 0 Å². The van der Waals surface area contributed by atoms with Crippen LogP contribution in [-0.4, -0.2) is 0 Å². The van der Waals surface area contributed by atoms with E-state index in [0.717, 1.165) is 0 Å². The summed E-state index contributed by atoms with van der Waals surface area (Å²) in [5.41, 5.74) is 8.62. The third-order valence-corrected chi connectivity index (χ3v) is 4.11. The van der Waals surface area contributed by atoms with Crippen molar-refractivity contribution in [3.05, 3.63) is 57.6 Å². The molecule has 0 amide bonds. The molecule has 0 bridgehead atoms. The van der Waals surface area contributed by atoms with E-state index >= 15 is 0 Å². The van der Waals surface area contributed by atoms with E-state index in [1.807, 2.05) is 0 Å². The summed E-state index contributed by atoms with van der Waals surface area (Å²) in [4.78, 5) is 0. The maximum atomic E-state index is 2.28. The molecular weight excluding hydrogens is 402 g/mol. The first-order chi connectivity index (χ1) is 9.22. The summed E-state index contributed by atoms with van der Waals surface area (Å²) in [6.07, 6.45) is 0. The summed E-state index contributed by atoms with van der Waals surface area (Å²) < 4.78 is 0. The molecule has 0 fully saturated rings. The van der Waals surface area contributed by atoms with Gasteiger partial charge in [-0.3, -0.25) is 0 Å². The van der Waals surface area contributed by atoms with E-state index in [4.69, 9.17) is 0 Å². The average Bonchev–Trinajstić information content (AvgIpc) is 2.85. The van der Waals surface area contributed by atoms with E-state index in [0.29, 0.717) is 11.8 Å². The van der Waals surface area contributed by atoms with Gasteiger partial charge >= 0.3 is 26.2 Å². The van der Waals surface area contributed by atoms with Crippen molar-refractivity contribution >= 4 is 0 Å². The minimum Gasteiger partial charge on any atom is -1.00 e. The summed E-state index contributed by atoms with van der Waals surface area (Å²) >= 11 is 0. The smallest absolute Gasteiger partial charge is 1.00 e. The standard InChI is InChI=1S/2C10H15.2ClH.Zr/c2*1-7(2)10-5-8(3)9(4)6-10;;;/h2*5-7H,1-4H3;2*1H;/q2*-1;;;+4/p-2. The molecule has 0 saturated carbocycles. The van der Waals surface area contributed by atoms with Gasteiger partial charge < -0.3 is 24.8 Å². The SMILES string of the molecule is Cc1cc(C(C)C)c[c-]1C.Cc1cc(C(C)C)c[c-]1C.[Cl-].[Cl-].[Zr+4]. The Morgan fingerprint density at radius 1 is 0.696 bits per heavy atom. The van der Waals surface area contributed by atoms with Crippen LogP contribution in [0.1, 0.15) is 72.9 Å². The van der Waals surface area contributed by atoms with Crippen LogP contribution in [0.3, 0.4) is 0 Å². The molecule has 0 N–H and O–H groups in total. The quantitative estimate of drug-likeness (QED) is 0.599. The Morgan fingerprint density at radius 3 is 1.04 bits per heavy atom. The van der Waals surface area contributed by atoms with Gasteiger partial charge in [0.2, 0.25) is 0 Å². The van der Waals surface area contributed by atoms with Crippen LogP contribution < -0.4 is 24.8 Å². The fourth-order valence-electron chi connectivity index (χ4n) is 2.21. The topological polar surface area (TPSA) is 0 Å². The summed E-state index contributed by atoms with van der Waals surface area (Å²) in [5, 5.41) is 0. The minimum atomic E-state index is 0. The summed E-state index contributed by atoms with van der Waals surface area (Å²) in [6.45, 7) is 17.6. The normalized spacial score (nSPS) is 9.48. The predicted molar refractivity (Wildman–Crippen MR) is 91.2 cm³/mol. The van der Waals surface area contributed by atoms with Gasteiger partial charge in [0, 0.05) is 0 Å². The van der Waals surface area contributed by atoms with Crippen LogP contribution in [0.2, 0.25) is 0 Å². The van der Waals surface area contributed by atoms with Gasteiger partial charge in [0.1, 0.15) is 0 Å². The Labute approximate surface area is 175 Å². The monoisotopic (exact) mass is 430 g/mol. The Balaban J connectivity index is -0.000000308. The van der Waals surface area contributed by atoms with Crippen molar-refractivity contribution in [2.75, 3.05) is 0 Å². The van der Waals surface area contributed by atoms with Crippen molar-refractivity contribution in [1.82, 2.24) is 0 Å². The number of hydrogen-bond acceptors (Lipinski definition) is 0. The molecule has 0 aliphatic carbocycles. The van der Waals surface area contributed by atoms with E-state index < -0.39 is 0 Å². The molecule has 0 aromatic heterocycles. The molecule has 3 heteroatoms. The second-order valence-electron chi connectivity index (χ2n) is 6.62. The summed E-state index contributed by atoms with van der Waals surface area (Å²) in [5.74, 6) is 1.35. The van der Waals surface area contributed by atoms with Crippen molar-refractivity contribution in [3.63, 3.8) is 0 Å². The van der Waals surface area contributed by atoms with Gasteiger partial charge in [0.05, 0.1) is 0 Å². The number of halogens is 2. The summed E-state index contributed by atoms with van der Waals surface area (Å²) in [6, 6.07) is 9.11. The first kappa shape index (κ1) is 28.0. The molecule has 128 valence electrons. The van der Waals surface area contributed by atoms with Gasteiger partial charge in [-0.25, -0.2) is 12.1 Å². The van der Waals surface area contributed by atoms with E-state index in [2.05, 4.69) is 79.7 Å². The zero-order valence-electron chi connectivity index (χ0n) is 15.7. The second-order valence-corrected chi connectivity index (χ2v) is 6.62. The third kappa shape index (κ3) is 8.71. The van der Waals surface area contributed by atoms with Crippen molar-refractivity contribution < 1.29 is 51.0 Å². The zero-order chi connectivity index (χ0) is 15.4. The number of aryl methyl sites for hydroxylation is 4. The van der Waals surface area contributed by atoms with Crippen LogP contribution in [0.5, 0.6) is 0 Å². The first-order valence-electron chi connectivity index (χ1n) is 7.70. The average molecular weight is 433 g/mol. The first-order valence-corrected chi connectivity index (χ1v) is 7.70. The van der Waals surface area contributed by atoms with Crippen LogP contribution >= 0.6 is 0 Å². The molecule has 23 heavy (non-hydrogen) atoms. The van der Waals surface area contributed by atoms with Crippen LogP contribution in [0.25, 0.3) is 0 Å². The zero-order valence-corrected chi connectivity index (χ0v) is 19.7. The molecule has 2 rings (SSSR count). The molecule has 2 aromatic carbocycles. The third-order valence-electron chi connectivity index (χ3n) is 4.11. The molecule has 0 aliphatic rings. The second kappa shape index (κ2) is 12.5. The molecule has 0 unspecified atom stereocenters. The number of hydrogen-bond donors (Lipinski definition) is 0. The van der Waals surface area contributed by atoms with Crippen LogP contribution in [0, 0.1) is 27.7 Å². The Kier molecular flexibility index (Phi) is 15.2. The van der Waals surface area contributed by atoms with Crippen molar-refractivity contribution in [3.8, 4) is 0 Å². The molecule has 0 saturated heterocycles. The van der Waals surface area contributed by atoms with Gasteiger partial charge in [-0.05, 0) is 0 Å². The number of rotatable bonds is 2. The van der Waals surface area contributed by atoms with Gasteiger partial charge in [-0.2, -0.15) is 45.5 Å². The summed E-state index contributed by atoms with van der Waals surface area (Å²) in [7, 11) is 0. The Hall–Kier alpha value is 0.163. The van der Waals surface area contributed by atoms with Crippen LogP contribution in [-0.2, 0) is 26.2 Å². The maximum absolute atomic E-state index is 2.28. The fourth-order valence-corrected chi connectivity index (χ4v) is 2.21. The van der Waals surface area contributed by atoms with Crippen LogP contribution in [0.4, 0.5) is 0 Å². The van der Waals surface area contributed by atoms with E-state index in [1.54, 1.807) is 0 Å². The van der Waals surface area contributed by atoms with Crippen LogP contribution in [0.15, 0.2) is 24.3 Å². The molecule has 0 radical (unpaired) electrons. The van der Waals surface area contributed by atoms with Crippen molar-refractivity contribution in [2.24, 2.45) is 0 Å². The van der Waals surface area contributed by atoms with Crippen molar-refractivity contribution in [1.29, 1.82) is 0 Å². The Bertz CT molecular complexity index is 459. The largest absolute Gasteiger partial charge is 4.00 e. The minimum absolute atomic E-state index is 0. The van der Waals surface area contributed by atoms with Gasteiger partial charge in [0.25, 0.3) is 0 Å². The molecular formula is C20H30Cl2Zr. The maximum Gasteiger partial charge on any atom is 4.00 e.